The highest BCUT2D eigenvalue weighted by Gasteiger charge is 2.08. The number of carbonyl (C=O) groups is 1. The summed E-state index contributed by atoms with van der Waals surface area (Å²) in [6.07, 6.45) is 0.925. The number of carbonyl (C=O) groups excluding carboxylic acids is 1. The van der Waals surface area contributed by atoms with Gasteiger partial charge in [-0.15, -0.1) is 10.3 Å². The van der Waals surface area contributed by atoms with E-state index in [-0.39, 0.29) is 0 Å². The first-order valence-corrected chi connectivity index (χ1v) is 5.65. The third-order valence-corrected chi connectivity index (χ3v) is 1.76. The van der Waals surface area contributed by atoms with Crippen molar-refractivity contribution in [1.29, 1.82) is 0 Å². The van der Waals surface area contributed by atoms with Crippen molar-refractivity contribution in [3.05, 3.63) is 35.9 Å². The number of nitrogens with one attached hydrogen (secondary N) is 1. The fourth-order valence-electron chi connectivity index (χ4n) is 0.770. The van der Waals surface area contributed by atoms with E-state index in [0.29, 0.717) is 5.56 Å². The SMILES string of the molecule is CS(=O)(=O)N[N]C(=O)c1ccccc1. The number of rotatable bonds is 3. The van der Waals surface area contributed by atoms with Crippen molar-refractivity contribution in [2.24, 2.45) is 0 Å². The lowest BCUT2D eigenvalue weighted by molar-refractivity contribution is 0.0940. The molecule has 0 spiro atoms. The van der Waals surface area contributed by atoms with Gasteiger partial charge in [0.2, 0.25) is 10.0 Å². The first-order chi connectivity index (χ1) is 6.49. The van der Waals surface area contributed by atoms with E-state index in [0.717, 1.165) is 6.26 Å². The summed E-state index contributed by atoms with van der Waals surface area (Å²) in [5.41, 5.74) is 3.53. The molecule has 5 nitrogen and oxygen atoms in total. The predicted molar refractivity (Wildman–Crippen MR) is 50.9 cm³/mol. The van der Waals surface area contributed by atoms with Crippen LogP contribution in [0.5, 0.6) is 0 Å². The summed E-state index contributed by atoms with van der Waals surface area (Å²) in [5.74, 6) is -0.615. The third-order valence-electron chi connectivity index (χ3n) is 1.33. The fourth-order valence-corrected chi connectivity index (χ4v) is 1.02. The Morgan fingerprint density at radius 1 is 1.29 bits per heavy atom. The molecule has 0 aromatic heterocycles. The molecule has 6 heteroatoms. The van der Waals surface area contributed by atoms with Gasteiger partial charge in [-0.05, 0) is 12.1 Å². The topological polar surface area (TPSA) is 77.3 Å². The van der Waals surface area contributed by atoms with Crippen molar-refractivity contribution in [2.45, 2.75) is 0 Å². The van der Waals surface area contributed by atoms with Crippen LogP contribution in [0.15, 0.2) is 30.3 Å². The maximum absolute atomic E-state index is 11.2. The van der Waals surface area contributed by atoms with E-state index in [9.17, 15) is 13.2 Å². The van der Waals surface area contributed by atoms with Crippen LogP contribution in [0.4, 0.5) is 0 Å². The molecule has 0 unspecified atom stereocenters. The Balaban J connectivity index is 2.61. The van der Waals surface area contributed by atoms with Crippen LogP contribution in [0.1, 0.15) is 10.4 Å². The fraction of sp³-hybridized carbons (Fsp3) is 0.125. The average molecular weight is 213 g/mol. The first-order valence-electron chi connectivity index (χ1n) is 3.76. The number of nitrogens with zero attached hydrogens (tertiary/aromatic N) is 1. The lowest BCUT2D eigenvalue weighted by atomic mass is 10.2. The van der Waals surface area contributed by atoms with Crippen molar-refractivity contribution in [2.75, 3.05) is 6.26 Å². The van der Waals surface area contributed by atoms with Gasteiger partial charge in [0.05, 0.1) is 6.26 Å². The van der Waals surface area contributed by atoms with E-state index in [1.54, 1.807) is 35.2 Å². The highest BCUT2D eigenvalue weighted by atomic mass is 32.2. The minimum absolute atomic E-state index is 0.337. The normalized spacial score (nSPS) is 10.9. The standard InChI is InChI=1S/C8H9N2O3S/c1-14(12,13)10-9-8(11)7-5-3-2-4-6-7/h2-6,10H,1H3. The Hall–Kier alpha value is -1.40. The minimum atomic E-state index is -3.46. The third kappa shape index (κ3) is 3.55. The number of sulfonamides is 1. The Morgan fingerprint density at radius 2 is 1.86 bits per heavy atom. The second kappa shape index (κ2) is 4.21. The van der Waals surface area contributed by atoms with Crippen LogP contribution >= 0.6 is 0 Å². The van der Waals surface area contributed by atoms with Crippen molar-refractivity contribution < 1.29 is 13.2 Å². The molecule has 0 aliphatic carbocycles. The highest BCUT2D eigenvalue weighted by Crippen LogP contribution is 1.97. The van der Waals surface area contributed by atoms with Crippen LogP contribution in [0.3, 0.4) is 0 Å². The number of amides is 1. The van der Waals surface area contributed by atoms with E-state index >= 15 is 0 Å². The largest absolute Gasteiger partial charge is 0.289 e. The van der Waals surface area contributed by atoms with E-state index < -0.39 is 15.9 Å². The number of hydrogen-bond donors (Lipinski definition) is 1. The van der Waals surface area contributed by atoms with Crippen LogP contribution in [-0.4, -0.2) is 20.6 Å². The van der Waals surface area contributed by atoms with Crippen molar-refractivity contribution >= 4 is 15.9 Å². The van der Waals surface area contributed by atoms with E-state index in [2.05, 4.69) is 5.43 Å². The summed E-state index contributed by atoms with van der Waals surface area (Å²) < 4.78 is 21.2. The first kappa shape index (κ1) is 10.7. The molecule has 1 aromatic rings. The van der Waals surface area contributed by atoms with Crippen LogP contribution < -0.4 is 10.3 Å². The average Bonchev–Trinajstić information content (AvgIpc) is 2.14. The van der Waals surface area contributed by atoms with E-state index in [4.69, 9.17) is 0 Å². The van der Waals surface area contributed by atoms with Gasteiger partial charge < -0.3 is 0 Å². The molecule has 0 heterocycles. The highest BCUT2D eigenvalue weighted by molar-refractivity contribution is 7.88. The molecule has 0 aliphatic rings. The molecule has 0 aliphatic heterocycles. The van der Waals surface area contributed by atoms with E-state index in [1.165, 1.54) is 0 Å². The second-order valence-electron chi connectivity index (χ2n) is 2.65. The smallest absolute Gasteiger partial charge is 0.266 e. The van der Waals surface area contributed by atoms with Crippen molar-refractivity contribution in [3.63, 3.8) is 0 Å². The van der Waals surface area contributed by atoms with E-state index in [1.807, 2.05) is 0 Å². The van der Waals surface area contributed by atoms with Crippen molar-refractivity contribution in [1.82, 2.24) is 10.3 Å². The molecule has 1 N–H and O–H groups in total. The molecule has 1 amide bonds. The molecule has 1 rings (SSSR count). The van der Waals surface area contributed by atoms with Crippen LogP contribution in [-0.2, 0) is 10.0 Å². The summed E-state index contributed by atoms with van der Waals surface area (Å²) in [5, 5.41) is 0. The quantitative estimate of drug-likeness (QED) is 0.712. The Morgan fingerprint density at radius 3 is 2.36 bits per heavy atom. The number of hydrogen-bond acceptors (Lipinski definition) is 3. The maximum atomic E-state index is 11.2. The molecule has 1 radical (unpaired) electrons. The summed E-state index contributed by atoms with van der Waals surface area (Å²) in [7, 11) is -3.46. The Kier molecular flexibility index (Phi) is 3.21. The minimum Gasteiger partial charge on any atom is -0.266 e. The zero-order valence-corrected chi connectivity index (χ0v) is 8.28. The molecule has 0 saturated carbocycles. The Bertz CT molecular complexity index is 413. The monoisotopic (exact) mass is 213 g/mol. The summed E-state index contributed by atoms with van der Waals surface area (Å²) in [4.78, 5) is 13.0. The van der Waals surface area contributed by atoms with Crippen LogP contribution in [0, 0.1) is 0 Å². The van der Waals surface area contributed by atoms with Gasteiger partial charge in [0.15, 0.2) is 0 Å². The molecule has 0 fully saturated rings. The predicted octanol–water partition coefficient (Wildman–Crippen LogP) is -0.105. The van der Waals surface area contributed by atoms with Gasteiger partial charge >= 0.3 is 0 Å². The van der Waals surface area contributed by atoms with Crippen LogP contribution in [0.25, 0.3) is 0 Å². The van der Waals surface area contributed by atoms with Gasteiger partial charge in [-0.3, -0.25) is 4.79 Å². The van der Waals surface area contributed by atoms with Gasteiger partial charge in [-0.2, -0.15) is 0 Å². The molecule has 14 heavy (non-hydrogen) atoms. The molecule has 0 bridgehead atoms. The van der Waals surface area contributed by atoms with Gasteiger partial charge in [0.25, 0.3) is 5.91 Å². The summed E-state index contributed by atoms with van der Waals surface area (Å²) in [6.45, 7) is 0. The maximum Gasteiger partial charge on any atom is 0.289 e. The summed E-state index contributed by atoms with van der Waals surface area (Å²) in [6, 6.07) is 8.19. The number of benzene rings is 1. The molecule has 0 atom stereocenters. The molecular weight excluding hydrogens is 204 g/mol. The van der Waals surface area contributed by atoms with Gasteiger partial charge in [-0.25, -0.2) is 8.42 Å². The Labute approximate surface area is 82.2 Å². The molecular formula is C8H9N2O3S. The van der Waals surface area contributed by atoms with Gasteiger partial charge in [-0.1, -0.05) is 18.2 Å². The lowest BCUT2D eigenvalue weighted by Crippen LogP contribution is -2.34. The molecule has 75 valence electrons. The van der Waals surface area contributed by atoms with Crippen LogP contribution in [0.2, 0.25) is 0 Å². The molecule has 0 saturated heterocycles. The lowest BCUT2D eigenvalue weighted by Gasteiger charge is -2.00. The zero-order valence-electron chi connectivity index (χ0n) is 7.47. The molecule has 1 aromatic carbocycles. The summed E-state index contributed by atoms with van der Waals surface area (Å²) >= 11 is 0. The second-order valence-corrected chi connectivity index (χ2v) is 4.37. The van der Waals surface area contributed by atoms with Gasteiger partial charge in [0.1, 0.15) is 0 Å². The zero-order chi connectivity index (χ0) is 10.6. The van der Waals surface area contributed by atoms with Gasteiger partial charge in [0, 0.05) is 5.56 Å². The van der Waals surface area contributed by atoms with Crippen molar-refractivity contribution in [3.8, 4) is 0 Å².